The van der Waals surface area contributed by atoms with Gasteiger partial charge in [-0.15, -0.1) is 0 Å². The van der Waals surface area contributed by atoms with Crippen molar-refractivity contribution in [3.8, 4) is 11.5 Å². The highest BCUT2D eigenvalue weighted by atomic mass is 16.5. The second-order valence-electron chi connectivity index (χ2n) is 8.31. The largest absolute Gasteiger partial charge is 0.494 e. The lowest BCUT2D eigenvalue weighted by Crippen LogP contribution is -2.32. The molecule has 0 radical (unpaired) electrons. The van der Waals surface area contributed by atoms with Gasteiger partial charge < -0.3 is 20.1 Å². The highest BCUT2D eigenvalue weighted by Crippen LogP contribution is 2.16. The Morgan fingerprint density at radius 1 is 0.811 bits per heavy atom. The fourth-order valence-electron chi connectivity index (χ4n) is 3.34. The van der Waals surface area contributed by atoms with E-state index in [-0.39, 0.29) is 12.5 Å². The SMILES string of the molecule is CCCOc1ccc(NC(=O)C(=O)N/N=C\c2cccc(OCC(=O)Nc3cc(C)cc(C)c3)c2)cc1. The van der Waals surface area contributed by atoms with Crippen LogP contribution in [0.1, 0.15) is 30.0 Å². The lowest BCUT2D eigenvalue weighted by atomic mass is 10.1. The summed E-state index contributed by atoms with van der Waals surface area (Å²) in [6.45, 7) is 6.36. The van der Waals surface area contributed by atoms with Crippen molar-refractivity contribution in [1.82, 2.24) is 5.43 Å². The number of carbonyl (C=O) groups excluding carboxylic acids is 3. The van der Waals surface area contributed by atoms with E-state index in [1.807, 2.05) is 39.0 Å². The van der Waals surface area contributed by atoms with Crippen LogP contribution in [-0.2, 0) is 14.4 Å². The van der Waals surface area contributed by atoms with Crippen molar-refractivity contribution >= 4 is 35.3 Å². The third-order valence-electron chi connectivity index (χ3n) is 4.90. The van der Waals surface area contributed by atoms with Crippen molar-refractivity contribution in [2.75, 3.05) is 23.8 Å². The molecule has 0 aliphatic heterocycles. The van der Waals surface area contributed by atoms with Gasteiger partial charge in [-0.1, -0.05) is 25.1 Å². The highest BCUT2D eigenvalue weighted by Gasteiger charge is 2.13. The molecule has 3 rings (SSSR count). The Hall–Kier alpha value is -4.66. The molecular formula is C28H30N4O5. The number of hydrogen-bond donors (Lipinski definition) is 3. The van der Waals surface area contributed by atoms with Gasteiger partial charge >= 0.3 is 11.8 Å². The summed E-state index contributed by atoms with van der Waals surface area (Å²) >= 11 is 0. The summed E-state index contributed by atoms with van der Waals surface area (Å²) in [5.74, 6) is -0.924. The number of rotatable bonds is 10. The van der Waals surface area contributed by atoms with E-state index >= 15 is 0 Å². The van der Waals surface area contributed by atoms with Crippen LogP contribution in [0.3, 0.4) is 0 Å². The van der Waals surface area contributed by atoms with Gasteiger partial charge in [-0.2, -0.15) is 5.10 Å². The predicted molar refractivity (Wildman–Crippen MR) is 143 cm³/mol. The summed E-state index contributed by atoms with van der Waals surface area (Å²) in [4.78, 5) is 36.4. The van der Waals surface area contributed by atoms with E-state index in [1.54, 1.807) is 48.5 Å². The first kappa shape index (κ1) is 26.9. The molecule has 3 aromatic carbocycles. The molecule has 192 valence electrons. The molecule has 0 saturated heterocycles. The molecule has 0 unspecified atom stereocenters. The van der Waals surface area contributed by atoms with Gasteiger partial charge in [0.1, 0.15) is 11.5 Å². The molecule has 0 atom stereocenters. The second kappa shape index (κ2) is 13.4. The van der Waals surface area contributed by atoms with Crippen molar-refractivity contribution < 1.29 is 23.9 Å². The number of nitrogens with one attached hydrogen (secondary N) is 3. The van der Waals surface area contributed by atoms with Gasteiger partial charge in [0, 0.05) is 11.4 Å². The zero-order chi connectivity index (χ0) is 26.6. The molecule has 3 N–H and O–H groups in total. The fraction of sp³-hybridized carbons (Fsp3) is 0.214. The molecule has 9 heteroatoms. The molecule has 3 aromatic rings. The van der Waals surface area contributed by atoms with Gasteiger partial charge in [0.2, 0.25) is 0 Å². The summed E-state index contributed by atoms with van der Waals surface area (Å²) in [6, 6.07) is 19.3. The first-order valence-corrected chi connectivity index (χ1v) is 11.8. The van der Waals surface area contributed by atoms with Crippen LogP contribution in [0.2, 0.25) is 0 Å². The van der Waals surface area contributed by atoms with Gasteiger partial charge in [0.15, 0.2) is 6.61 Å². The number of nitrogens with zero attached hydrogens (tertiary/aromatic N) is 1. The number of hydrogen-bond acceptors (Lipinski definition) is 6. The highest BCUT2D eigenvalue weighted by molar-refractivity contribution is 6.39. The Morgan fingerprint density at radius 3 is 2.24 bits per heavy atom. The second-order valence-corrected chi connectivity index (χ2v) is 8.31. The minimum absolute atomic E-state index is 0.170. The summed E-state index contributed by atoms with van der Waals surface area (Å²) in [5, 5.41) is 9.13. The molecule has 0 fully saturated rings. The average molecular weight is 503 g/mol. The van der Waals surface area contributed by atoms with Crippen molar-refractivity contribution in [1.29, 1.82) is 0 Å². The van der Waals surface area contributed by atoms with E-state index in [2.05, 4.69) is 21.2 Å². The van der Waals surface area contributed by atoms with Crippen LogP contribution in [0.15, 0.2) is 71.8 Å². The molecule has 0 spiro atoms. The van der Waals surface area contributed by atoms with E-state index in [1.165, 1.54) is 6.21 Å². The van der Waals surface area contributed by atoms with E-state index in [0.29, 0.717) is 35.0 Å². The number of carbonyl (C=O) groups is 3. The zero-order valence-corrected chi connectivity index (χ0v) is 21.0. The van der Waals surface area contributed by atoms with Crippen molar-refractivity contribution in [3.63, 3.8) is 0 Å². The minimum atomic E-state index is -0.918. The van der Waals surface area contributed by atoms with E-state index in [9.17, 15) is 14.4 Å². The summed E-state index contributed by atoms with van der Waals surface area (Å²) < 4.78 is 11.1. The number of benzene rings is 3. The first-order chi connectivity index (χ1) is 17.8. The molecule has 3 amide bonds. The lowest BCUT2D eigenvalue weighted by Gasteiger charge is -2.09. The molecule has 0 saturated carbocycles. The number of hydrazone groups is 1. The molecule has 0 aliphatic rings. The van der Waals surface area contributed by atoms with E-state index in [4.69, 9.17) is 9.47 Å². The molecule has 0 aromatic heterocycles. The Bertz CT molecular complexity index is 1250. The first-order valence-electron chi connectivity index (χ1n) is 11.8. The van der Waals surface area contributed by atoms with Crippen LogP contribution in [-0.4, -0.2) is 37.1 Å². The van der Waals surface area contributed by atoms with Crippen molar-refractivity contribution in [2.45, 2.75) is 27.2 Å². The minimum Gasteiger partial charge on any atom is -0.494 e. The maximum atomic E-state index is 12.2. The Morgan fingerprint density at radius 2 is 1.54 bits per heavy atom. The monoisotopic (exact) mass is 502 g/mol. The van der Waals surface area contributed by atoms with E-state index < -0.39 is 11.8 Å². The van der Waals surface area contributed by atoms with Gasteiger partial charge in [0.05, 0.1) is 12.8 Å². The predicted octanol–water partition coefficient (Wildman–Crippen LogP) is 4.20. The maximum Gasteiger partial charge on any atom is 0.329 e. The normalized spacial score (nSPS) is 10.6. The Balaban J connectivity index is 1.46. The van der Waals surface area contributed by atoms with Gasteiger partial charge in [-0.05, 0) is 85.5 Å². The number of ether oxygens (including phenoxy) is 2. The summed E-state index contributed by atoms with van der Waals surface area (Å²) in [7, 11) is 0. The molecular weight excluding hydrogens is 472 g/mol. The molecule has 37 heavy (non-hydrogen) atoms. The quantitative estimate of drug-likeness (QED) is 0.218. The van der Waals surface area contributed by atoms with Crippen molar-refractivity contribution in [3.05, 3.63) is 83.4 Å². The summed E-state index contributed by atoms with van der Waals surface area (Å²) in [6.07, 6.45) is 2.26. The number of aryl methyl sites for hydroxylation is 2. The van der Waals surface area contributed by atoms with Gasteiger partial charge in [0.25, 0.3) is 5.91 Å². The smallest absolute Gasteiger partial charge is 0.329 e. The van der Waals surface area contributed by atoms with Crippen LogP contribution in [0.4, 0.5) is 11.4 Å². The summed E-state index contributed by atoms with van der Waals surface area (Å²) in [5.41, 5.74) is 6.07. The standard InChI is InChI=1S/C28H30N4O5/c1-4-12-36-24-10-8-22(9-11-24)31-27(34)28(35)32-29-17-21-6-5-7-25(16-21)37-18-26(33)30-23-14-19(2)13-20(3)15-23/h5-11,13-17H,4,12,18H2,1-3H3,(H,30,33)(H,31,34)(H,32,35)/b29-17-. The molecule has 0 heterocycles. The average Bonchev–Trinajstić information content (AvgIpc) is 2.86. The van der Waals surface area contributed by atoms with Crippen LogP contribution in [0.25, 0.3) is 0 Å². The number of anilines is 2. The lowest BCUT2D eigenvalue weighted by molar-refractivity contribution is -0.136. The van der Waals surface area contributed by atoms with E-state index in [0.717, 1.165) is 17.5 Å². The third-order valence-corrected chi connectivity index (χ3v) is 4.90. The van der Waals surface area contributed by atoms with Crippen LogP contribution >= 0.6 is 0 Å². The third kappa shape index (κ3) is 9.14. The maximum absolute atomic E-state index is 12.2. The fourth-order valence-corrected chi connectivity index (χ4v) is 3.34. The molecule has 9 nitrogen and oxygen atoms in total. The van der Waals surface area contributed by atoms with Crippen molar-refractivity contribution in [2.24, 2.45) is 5.10 Å². The Kier molecular flexibility index (Phi) is 9.78. The molecule has 0 bridgehead atoms. The topological polar surface area (TPSA) is 118 Å². The number of amides is 3. The zero-order valence-electron chi connectivity index (χ0n) is 21.0. The van der Waals surface area contributed by atoms with Crippen LogP contribution in [0.5, 0.6) is 11.5 Å². The molecule has 0 aliphatic carbocycles. The Labute approximate surface area is 215 Å². The van der Waals surface area contributed by atoms with Gasteiger partial charge in [-0.3, -0.25) is 14.4 Å². The van der Waals surface area contributed by atoms with Gasteiger partial charge in [-0.25, -0.2) is 5.43 Å². The van der Waals surface area contributed by atoms with Crippen LogP contribution < -0.4 is 25.5 Å². The van der Waals surface area contributed by atoms with Crippen LogP contribution in [0, 0.1) is 13.8 Å².